The summed E-state index contributed by atoms with van der Waals surface area (Å²) in [5.41, 5.74) is 1.99. The number of aromatic nitrogens is 2. The second-order valence-corrected chi connectivity index (χ2v) is 10.2. The lowest BCUT2D eigenvalue weighted by Gasteiger charge is -2.33. The third kappa shape index (κ3) is 3.87. The van der Waals surface area contributed by atoms with Gasteiger partial charge in [-0.1, -0.05) is 6.07 Å². The number of amides is 2. The number of alkyl carbamates (subject to hydrolysis) is 1. The number of imidazole rings is 1. The third-order valence-corrected chi connectivity index (χ3v) is 6.63. The van der Waals surface area contributed by atoms with Gasteiger partial charge in [0.2, 0.25) is 5.91 Å². The lowest BCUT2D eigenvalue weighted by atomic mass is 10.0. The van der Waals surface area contributed by atoms with Crippen LogP contribution in [0.2, 0.25) is 0 Å². The Morgan fingerprint density at radius 1 is 1.16 bits per heavy atom. The van der Waals surface area contributed by atoms with E-state index >= 15 is 0 Å². The Labute approximate surface area is 187 Å². The van der Waals surface area contributed by atoms with Gasteiger partial charge in [0.1, 0.15) is 11.4 Å². The zero-order valence-electron chi connectivity index (χ0n) is 18.9. The highest BCUT2D eigenvalue weighted by Crippen LogP contribution is 2.49. The number of piperidine rings is 1. The fourth-order valence-electron chi connectivity index (χ4n) is 4.99. The number of carbonyl (C=O) groups excluding carboxylic acids is 3. The minimum absolute atomic E-state index is 0.0296. The molecule has 0 spiro atoms. The Hall–Kier alpha value is -2.90. The van der Waals surface area contributed by atoms with E-state index in [4.69, 9.17) is 9.72 Å². The number of hydrogen-bond acceptors (Lipinski definition) is 5. The first-order chi connectivity index (χ1) is 15.2. The molecule has 170 valence electrons. The summed E-state index contributed by atoms with van der Waals surface area (Å²) in [5.74, 6) is 1.37. The van der Waals surface area contributed by atoms with Crippen molar-refractivity contribution >= 4 is 28.8 Å². The number of hydrogen-bond donors (Lipinski definition) is 1. The van der Waals surface area contributed by atoms with Gasteiger partial charge in [-0.3, -0.25) is 9.59 Å². The summed E-state index contributed by atoms with van der Waals surface area (Å²) in [6.07, 6.45) is 2.35. The van der Waals surface area contributed by atoms with Gasteiger partial charge in [-0.2, -0.15) is 0 Å². The number of ketones is 1. The van der Waals surface area contributed by atoms with Gasteiger partial charge >= 0.3 is 6.09 Å². The number of ether oxygens (including phenoxy) is 1. The normalized spacial score (nSPS) is 23.3. The molecule has 2 amide bonds. The van der Waals surface area contributed by atoms with Crippen molar-refractivity contribution in [3.8, 4) is 0 Å². The van der Waals surface area contributed by atoms with E-state index in [-0.39, 0.29) is 29.6 Å². The molecule has 1 aromatic carbocycles. The van der Waals surface area contributed by atoms with E-state index in [2.05, 4.69) is 9.88 Å². The summed E-state index contributed by atoms with van der Waals surface area (Å²) >= 11 is 0. The highest BCUT2D eigenvalue weighted by atomic mass is 16.6. The average Bonchev–Trinajstić information content (AvgIpc) is 3.44. The van der Waals surface area contributed by atoms with Crippen molar-refractivity contribution in [2.24, 2.45) is 5.92 Å². The summed E-state index contributed by atoms with van der Waals surface area (Å²) in [5, 5.41) is 2.92. The minimum atomic E-state index is -0.521. The standard InChI is InChI=1S/C24H30N4O4/c1-24(2,3)32-23(31)25-14-7-10-27(11-8-14)22(30)17-13-16(17)21-26-18-6-4-5-15-19(29)9-12-28(21)20(15)18/h4-6,14,16-17H,7-13H2,1-3H3,(H,25,31). The highest BCUT2D eigenvalue weighted by molar-refractivity contribution is 6.07. The summed E-state index contributed by atoms with van der Waals surface area (Å²) in [7, 11) is 0. The van der Waals surface area contributed by atoms with Crippen LogP contribution in [0.1, 0.15) is 68.6 Å². The molecule has 2 unspecified atom stereocenters. The van der Waals surface area contributed by atoms with Crippen LogP contribution in [-0.2, 0) is 16.1 Å². The topological polar surface area (TPSA) is 93.5 Å². The monoisotopic (exact) mass is 438 g/mol. The van der Waals surface area contributed by atoms with E-state index in [9.17, 15) is 14.4 Å². The second kappa shape index (κ2) is 7.60. The van der Waals surface area contributed by atoms with Crippen LogP contribution in [0.15, 0.2) is 18.2 Å². The van der Waals surface area contributed by atoms with Crippen LogP contribution in [0.25, 0.3) is 11.0 Å². The second-order valence-electron chi connectivity index (χ2n) is 10.2. The van der Waals surface area contributed by atoms with E-state index in [1.807, 2.05) is 43.9 Å². The number of likely N-dealkylation sites (tertiary alicyclic amines) is 1. The molecule has 2 aromatic rings. The first kappa shape index (κ1) is 21.0. The smallest absolute Gasteiger partial charge is 0.407 e. The van der Waals surface area contributed by atoms with Crippen LogP contribution in [0.5, 0.6) is 0 Å². The average molecular weight is 439 g/mol. The first-order valence-electron chi connectivity index (χ1n) is 11.5. The maximum absolute atomic E-state index is 13.1. The van der Waals surface area contributed by atoms with Crippen LogP contribution in [0.4, 0.5) is 4.79 Å². The third-order valence-electron chi connectivity index (χ3n) is 6.63. The van der Waals surface area contributed by atoms with Gasteiger partial charge < -0.3 is 19.5 Å². The van der Waals surface area contributed by atoms with Crippen molar-refractivity contribution in [2.45, 2.75) is 70.6 Å². The maximum atomic E-state index is 13.1. The molecule has 1 aromatic heterocycles. The predicted octanol–water partition coefficient (Wildman–Crippen LogP) is 3.24. The van der Waals surface area contributed by atoms with Gasteiger partial charge in [0.05, 0.1) is 11.0 Å². The molecular formula is C24H30N4O4. The largest absolute Gasteiger partial charge is 0.444 e. The molecule has 8 heteroatoms. The number of nitrogens with zero attached hydrogens (tertiary/aromatic N) is 3. The molecule has 1 saturated carbocycles. The molecule has 2 fully saturated rings. The summed E-state index contributed by atoms with van der Waals surface area (Å²) < 4.78 is 7.49. The Morgan fingerprint density at radius 3 is 2.62 bits per heavy atom. The first-order valence-corrected chi connectivity index (χ1v) is 11.5. The van der Waals surface area contributed by atoms with E-state index in [1.165, 1.54) is 0 Å². The van der Waals surface area contributed by atoms with Crippen molar-refractivity contribution < 1.29 is 19.1 Å². The van der Waals surface area contributed by atoms with Crippen LogP contribution < -0.4 is 5.32 Å². The van der Waals surface area contributed by atoms with Gasteiger partial charge in [-0.05, 0) is 52.2 Å². The molecule has 3 aliphatic rings. The van der Waals surface area contributed by atoms with Crippen LogP contribution in [0.3, 0.4) is 0 Å². The number of carbonyl (C=O) groups is 3. The summed E-state index contributed by atoms with van der Waals surface area (Å²) in [4.78, 5) is 44.1. The Morgan fingerprint density at radius 2 is 1.91 bits per heavy atom. The quantitative estimate of drug-likeness (QED) is 0.794. The number of nitrogens with one attached hydrogen (secondary N) is 1. The van der Waals surface area contributed by atoms with Gasteiger partial charge in [-0.25, -0.2) is 9.78 Å². The minimum Gasteiger partial charge on any atom is -0.444 e. The summed E-state index contributed by atoms with van der Waals surface area (Å²) in [6, 6.07) is 5.73. The zero-order valence-corrected chi connectivity index (χ0v) is 18.9. The SMILES string of the molecule is CC(C)(C)OC(=O)NC1CCN(C(=O)C2CC2c2nc3cccc4c3n2CCC4=O)CC1. The van der Waals surface area contributed by atoms with Crippen LogP contribution >= 0.6 is 0 Å². The number of benzene rings is 1. The Bertz CT molecular complexity index is 1090. The fraction of sp³-hybridized carbons (Fsp3) is 0.583. The van der Waals surface area contributed by atoms with Gasteiger partial charge in [0.25, 0.3) is 0 Å². The molecule has 8 nitrogen and oxygen atoms in total. The van der Waals surface area contributed by atoms with Gasteiger partial charge in [0, 0.05) is 49.5 Å². The predicted molar refractivity (Wildman–Crippen MR) is 119 cm³/mol. The van der Waals surface area contributed by atoms with Crippen molar-refractivity contribution in [2.75, 3.05) is 13.1 Å². The van der Waals surface area contributed by atoms with Crippen molar-refractivity contribution in [3.05, 3.63) is 29.6 Å². The van der Waals surface area contributed by atoms with Crippen molar-refractivity contribution in [1.29, 1.82) is 0 Å². The molecule has 0 bridgehead atoms. The molecule has 1 aliphatic carbocycles. The maximum Gasteiger partial charge on any atom is 0.407 e. The van der Waals surface area contributed by atoms with Gasteiger partial charge in [-0.15, -0.1) is 0 Å². The Kier molecular flexibility index (Phi) is 4.98. The number of para-hydroxylation sites is 1. The molecule has 2 aliphatic heterocycles. The van der Waals surface area contributed by atoms with E-state index in [1.54, 1.807) is 0 Å². The molecule has 0 radical (unpaired) electrons. The lowest BCUT2D eigenvalue weighted by molar-refractivity contribution is -0.133. The van der Waals surface area contributed by atoms with Gasteiger partial charge in [0.15, 0.2) is 5.78 Å². The molecular weight excluding hydrogens is 408 g/mol. The van der Waals surface area contributed by atoms with Crippen LogP contribution in [0, 0.1) is 5.92 Å². The number of Topliss-reactive ketones (excluding diaryl/α,β-unsaturated/α-hetero) is 1. The molecule has 2 atom stereocenters. The number of rotatable bonds is 3. The van der Waals surface area contributed by atoms with Crippen LogP contribution in [-0.4, -0.2) is 57.0 Å². The fourth-order valence-corrected chi connectivity index (χ4v) is 4.99. The Balaban J connectivity index is 1.21. The van der Waals surface area contributed by atoms with Crippen molar-refractivity contribution in [3.63, 3.8) is 0 Å². The molecule has 5 rings (SSSR count). The molecule has 32 heavy (non-hydrogen) atoms. The van der Waals surface area contributed by atoms with E-state index < -0.39 is 11.7 Å². The molecule has 3 heterocycles. The van der Waals surface area contributed by atoms with E-state index in [0.717, 1.165) is 41.7 Å². The molecule has 1 N–H and O–H groups in total. The summed E-state index contributed by atoms with van der Waals surface area (Å²) in [6.45, 7) is 7.44. The lowest BCUT2D eigenvalue weighted by Crippen LogP contribution is -2.48. The van der Waals surface area contributed by atoms with E-state index in [0.29, 0.717) is 26.1 Å². The highest BCUT2D eigenvalue weighted by Gasteiger charge is 2.49. The molecule has 1 saturated heterocycles. The van der Waals surface area contributed by atoms with Crippen molar-refractivity contribution in [1.82, 2.24) is 19.8 Å². The number of aryl methyl sites for hydroxylation is 1. The zero-order chi connectivity index (χ0) is 22.6.